The smallest absolute Gasteiger partial charge is 0.244 e. The maximum absolute atomic E-state index is 12.1. The number of likely N-dealkylation sites (N-methyl/N-ethyl adjacent to an activating group) is 1. The number of nitrogens with zero attached hydrogens (tertiary/aromatic N) is 2. The predicted octanol–water partition coefficient (Wildman–Crippen LogP) is 1.33. The minimum Gasteiger partial charge on any atom is -0.399 e. The molecule has 0 aliphatic carbocycles. The molecule has 0 bridgehead atoms. The zero-order valence-electron chi connectivity index (χ0n) is 10.4. The van der Waals surface area contributed by atoms with Gasteiger partial charge in [0, 0.05) is 32.0 Å². The van der Waals surface area contributed by atoms with Crippen molar-refractivity contribution in [2.45, 2.75) is 18.9 Å². The molecular formula is C13H19N3O. The highest BCUT2D eigenvalue weighted by atomic mass is 16.2. The summed E-state index contributed by atoms with van der Waals surface area (Å²) in [5.74, 6) is 0.171. The lowest BCUT2D eigenvalue weighted by atomic mass is 10.2. The number of benzene rings is 1. The molecule has 0 spiro atoms. The Kier molecular flexibility index (Phi) is 3.22. The number of nitrogen functional groups attached to an aromatic ring is 1. The molecule has 92 valence electrons. The van der Waals surface area contributed by atoms with E-state index in [0.717, 1.165) is 30.8 Å². The quantitative estimate of drug-likeness (QED) is 0.784. The molecule has 1 fully saturated rings. The lowest BCUT2D eigenvalue weighted by Gasteiger charge is -2.28. The second-order valence-electron chi connectivity index (χ2n) is 4.68. The zero-order chi connectivity index (χ0) is 12.4. The Balaban J connectivity index is 2.23. The molecule has 1 amide bonds. The number of anilines is 2. The van der Waals surface area contributed by atoms with Gasteiger partial charge in [-0.1, -0.05) is 6.07 Å². The van der Waals surface area contributed by atoms with Crippen LogP contribution in [0.1, 0.15) is 12.8 Å². The topological polar surface area (TPSA) is 49.6 Å². The number of amides is 1. The Morgan fingerprint density at radius 3 is 2.88 bits per heavy atom. The van der Waals surface area contributed by atoms with Crippen molar-refractivity contribution >= 4 is 17.3 Å². The fourth-order valence-electron chi connectivity index (χ4n) is 2.33. The van der Waals surface area contributed by atoms with Crippen LogP contribution in [0.25, 0.3) is 0 Å². The van der Waals surface area contributed by atoms with E-state index in [1.165, 1.54) is 0 Å². The van der Waals surface area contributed by atoms with Gasteiger partial charge in [0.15, 0.2) is 0 Å². The SMILES string of the molecule is CN(C)C(=O)[C@H]1CCCN1c1cccc(N)c1. The van der Waals surface area contributed by atoms with Gasteiger partial charge in [-0.15, -0.1) is 0 Å². The number of hydrogen-bond acceptors (Lipinski definition) is 3. The molecule has 1 heterocycles. The Morgan fingerprint density at radius 2 is 2.24 bits per heavy atom. The molecule has 4 nitrogen and oxygen atoms in total. The Morgan fingerprint density at radius 1 is 1.47 bits per heavy atom. The van der Waals surface area contributed by atoms with Crippen molar-refractivity contribution in [1.82, 2.24) is 4.90 Å². The standard InChI is InChI=1S/C13H19N3O/c1-15(2)13(17)12-7-4-8-16(12)11-6-3-5-10(14)9-11/h3,5-6,9,12H,4,7-8,14H2,1-2H3/t12-/m1/s1. The molecule has 0 aromatic heterocycles. The minimum atomic E-state index is -0.0354. The van der Waals surface area contributed by atoms with Gasteiger partial charge in [-0.2, -0.15) is 0 Å². The number of rotatable bonds is 2. The largest absolute Gasteiger partial charge is 0.399 e. The van der Waals surface area contributed by atoms with Crippen molar-refractivity contribution in [2.24, 2.45) is 0 Å². The lowest BCUT2D eigenvalue weighted by molar-refractivity contribution is -0.129. The Hall–Kier alpha value is -1.71. The van der Waals surface area contributed by atoms with Crippen LogP contribution in [0.4, 0.5) is 11.4 Å². The maximum Gasteiger partial charge on any atom is 0.244 e. The van der Waals surface area contributed by atoms with Crippen LogP contribution in [-0.4, -0.2) is 37.5 Å². The van der Waals surface area contributed by atoms with Gasteiger partial charge in [0.25, 0.3) is 0 Å². The second-order valence-corrected chi connectivity index (χ2v) is 4.68. The van der Waals surface area contributed by atoms with E-state index in [-0.39, 0.29) is 11.9 Å². The first-order chi connectivity index (χ1) is 8.09. The van der Waals surface area contributed by atoms with Crippen molar-refractivity contribution in [3.8, 4) is 0 Å². The van der Waals surface area contributed by atoms with Crippen molar-refractivity contribution in [2.75, 3.05) is 31.3 Å². The van der Waals surface area contributed by atoms with Crippen LogP contribution >= 0.6 is 0 Å². The first-order valence-electron chi connectivity index (χ1n) is 5.93. The lowest BCUT2D eigenvalue weighted by Crippen LogP contribution is -2.42. The summed E-state index contributed by atoms with van der Waals surface area (Å²) in [6, 6.07) is 7.70. The molecule has 1 saturated heterocycles. The van der Waals surface area contributed by atoms with Gasteiger partial charge in [0.05, 0.1) is 0 Å². The van der Waals surface area contributed by atoms with Gasteiger partial charge in [-0.25, -0.2) is 0 Å². The molecule has 2 rings (SSSR count). The van der Waals surface area contributed by atoms with E-state index in [2.05, 4.69) is 4.90 Å². The number of hydrogen-bond donors (Lipinski definition) is 1. The van der Waals surface area contributed by atoms with E-state index < -0.39 is 0 Å². The third-order valence-electron chi connectivity index (χ3n) is 3.18. The van der Waals surface area contributed by atoms with E-state index in [0.29, 0.717) is 0 Å². The first-order valence-corrected chi connectivity index (χ1v) is 5.93. The van der Waals surface area contributed by atoms with E-state index in [4.69, 9.17) is 5.73 Å². The monoisotopic (exact) mass is 233 g/mol. The molecule has 4 heteroatoms. The summed E-state index contributed by atoms with van der Waals surface area (Å²) in [6.45, 7) is 0.924. The van der Waals surface area contributed by atoms with Crippen LogP contribution in [-0.2, 0) is 4.79 Å². The van der Waals surface area contributed by atoms with Crippen LogP contribution in [0, 0.1) is 0 Å². The predicted molar refractivity (Wildman–Crippen MR) is 69.9 cm³/mol. The average molecular weight is 233 g/mol. The molecule has 1 aliphatic rings. The summed E-state index contributed by atoms with van der Waals surface area (Å²) in [7, 11) is 3.61. The van der Waals surface area contributed by atoms with Gasteiger partial charge in [-0.3, -0.25) is 4.79 Å². The van der Waals surface area contributed by atoms with Crippen LogP contribution in [0.2, 0.25) is 0 Å². The third kappa shape index (κ3) is 2.35. The highest BCUT2D eigenvalue weighted by molar-refractivity contribution is 5.85. The molecule has 1 aliphatic heterocycles. The number of carbonyl (C=O) groups is 1. The van der Waals surface area contributed by atoms with E-state index >= 15 is 0 Å². The van der Waals surface area contributed by atoms with Crippen LogP contribution < -0.4 is 10.6 Å². The van der Waals surface area contributed by atoms with Gasteiger partial charge in [-0.05, 0) is 31.0 Å². The Bertz CT molecular complexity index is 417. The van der Waals surface area contributed by atoms with Crippen LogP contribution in [0.5, 0.6) is 0 Å². The molecule has 17 heavy (non-hydrogen) atoms. The van der Waals surface area contributed by atoms with Crippen molar-refractivity contribution in [3.05, 3.63) is 24.3 Å². The van der Waals surface area contributed by atoms with Gasteiger partial charge in [0.1, 0.15) is 6.04 Å². The normalized spacial score (nSPS) is 19.4. The summed E-state index contributed by atoms with van der Waals surface area (Å²) in [6.07, 6.45) is 1.98. The molecule has 0 unspecified atom stereocenters. The fourth-order valence-corrected chi connectivity index (χ4v) is 2.33. The molecule has 1 atom stereocenters. The zero-order valence-corrected chi connectivity index (χ0v) is 10.4. The molecule has 0 radical (unpaired) electrons. The molecule has 1 aromatic rings. The van der Waals surface area contributed by atoms with Crippen molar-refractivity contribution in [1.29, 1.82) is 0 Å². The van der Waals surface area contributed by atoms with E-state index in [1.807, 2.05) is 24.3 Å². The summed E-state index contributed by atoms with van der Waals surface area (Å²) < 4.78 is 0. The van der Waals surface area contributed by atoms with E-state index in [1.54, 1.807) is 19.0 Å². The summed E-state index contributed by atoms with van der Waals surface area (Å²) in [5.41, 5.74) is 7.57. The summed E-state index contributed by atoms with van der Waals surface area (Å²) in [5, 5.41) is 0. The van der Waals surface area contributed by atoms with Crippen molar-refractivity contribution in [3.63, 3.8) is 0 Å². The highest BCUT2D eigenvalue weighted by Gasteiger charge is 2.31. The average Bonchev–Trinajstić information content (AvgIpc) is 2.76. The number of carbonyl (C=O) groups excluding carboxylic acids is 1. The molecular weight excluding hydrogens is 214 g/mol. The molecule has 0 saturated carbocycles. The minimum absolute atomic E-state index is 0.0354. The second kappa shape index (κ2) is 4.65. The molecule has 2 N–H and O–H groups in total. The Labute approximate surface area is 102 Å². The highest BCUT2D eigenvalue weighted by Crippen LogP contribution is 2.27. The fraction of sp³-hybridized carbons (Fsp3) is 0.462. The summed E-state index contributed by atoms with van der Waals surface area (Å²) in [4.78, 5) is 15.9. The van der Waals surface area contributed by atoms with Crippen molar-refractivity contribution < 1.29 is 4.79 Å². The van der Waals surface area contributed by atoms with Crippen LogP contribution in [0.15, 0.2) is 24.3 Å². The van der Waals surface area contributed by atoms with E-state index in [9.17, 15) is 4.79 Å². The summed E-state index contributed by atoms with van der Waals surface area (Å²) >= 11 is 0. The third-order valence-corrected chi connectivity index (χ3v) is 3.18. The molecule has 1 aromatic carbocycles. The van der Waals surface area contributed by atoms with Gasteiger partial charge in [0.2, 0.25) is 5.91 Å². The first kappa shape index (κ1) is 11.8. The van der Waals surface area contributed by atoms with Gasteiger partial charge >= 0.3 is 0 Å². The maximum atomic E-state index is 12.1. The van der Waals surface area contributed by atoms with Gasteiger partial charge < -0.3 is 15.5 Å². The number of nitrogens with two attached hydrogens (primary N) is 1. The van der Waals surface area contributed by atoms with Crippen LogP contribution in [0.3, 0.4) is 0 Å².